The van der Waals surface area contributed by atoms with Gasteiger partial charge in [0.2, 0.25) is 5.91 Å². The third kappa shape index (κ3) is 4.34. The summed E-state index contributed by atoms with van der Waals surface area (Å²) in [5.41, 5.74) is 3.97. The lowest BCUT2D eigenvalue weighted by Crippen LogP contribution is -2.50. The van der Waals surface area contributed by atoms with E-state index in [1.807, 2.05) is 40.6 Å². The van der Waals surface area contributed by atoms with Gasteiger partial charge < -0.3 is 10.2 Å². The second-order valence-electron chi connectivity index (χ2n) is 9.21. The first-order chi connectivity index (χ1) is 16.1. The lowest BCUT2D eigenvalue weighted by molar-refractivity contribution is -0.124. The predicted octanol–water partition coefficient (Wildman–Crippen LogP) is 5.64. The Morgan fingerprint density at radius 3 is 2.64 bits per heavy atom. The van der Waals surface area contributed by atoms with Crippen LogP contribution in [0.3, 0.4) is 0 Å². The molecule has 2 amide bonds. The molecule has 170 valence electrons. The third-order valence-electron chi connectivity index (χ3n) is 7.01. The highest BCUT2D eigenvalue weighted by atomic mass is 32.1. The number of hydrogen-bond donors (Lipinski definition) is 1. The molecule has 1 aliphatic heterocycles. The number of benzene rings is 2. The maximum atomic E-state index is 13.7. The Kier molecular flexibility index (Phi) is 6.32. The number of fused-ring (bicyclic) bond motifs is 1. The zero-order valence-corrected chi connectivity index (χ0v) is 19.8. The second kappa shape index (κ2) is 9.52. The molecule has 4 nitrogen and oxygen atoms in total. The fraction of sp³-hybridized carbons (Fsp3) is 0.357. The first kappa shape index (κ1) is 21.9. The van der Waals surface area contributed by atoms with Crippen molar-refractivity contribution in [2.75, 3.05) is 6.54 Å². The van der Waals surface area contributed by atoms with Gasteiger partial charge in [-0.1, -0.05) is 66.9 Å². The molecule has 1 saturated carbocycles. The van der Waals surface area contributed by atoms with Crippen molar-refractivity contribution in [2.45, 2.75) is 57.0 Å². The predicted molar refractivity (Wildman–Crippen MR) is 133 cm³/mol. The summed E-state index contributed by atoms with van der Waals surface area (Å²) in [6.07, 6.45) is 5.09. The van der Waals surface area contributed by atoms with Crippen LogP contribution < -0.4 is 5.32 Å². The van der Waals surface area contributed by atoms with Crippen molar-refractivity contribution in [3.63, 3.8) is 0 Å². The van der Waals surface area contributed by atoms with E-state index in [-0.39, 0.29) is 23.9 Å². The zero-order chi connectivity index (χ0) is 22.8. The van der Waals surface area contributed by atoms with Gasteiger partial charge in [0.1, 0.15) is 0 Å². The number of carbonyl (C=O) groups excluding carboxylic acids is 2. The number of thiophene rings is 1. The van der Waals surface area contributed by atoms with Crippen molar-refractivity contribution < 1.29 is 9.59 Å². The Balaban J connectivity index is 1.47. The molecule has 5 heteroatoms. The quantitative estimate of drug-likeness (QED) is 0.520. The van der Waals surface area contributed by atoms with Gasteiger partial charge in [0.15, 0.2) is 0 Å². The Morgan fingerprint density at radius 1 is 1.06 bits per heavy atom. The number of amides is 2. The summed E-state index contributed by atoms with van der Waals surface area (Å²) in [5.74, 6) is -0.334. The number of nitrogens with zero attached hydrogens (tertiary/aromatic N) is 1. The van der Waals surface area contributed by atoms with Gasteiger partial charge in [0.25, 0.3) is 5.91 Å². The van der Waals surface area contributed by atoms with Crippen LogP contribution in [0.5, 0.6) is 0 Å². The van der Waals surface area contributed by atoms with Crippen molar-refractivity contribution in [2.24, 2.45) is 0 Å². The zero-order valence-electron chi connectivity index (χ0n) is 19.0. The first-order valence-corrected chi connectivity index (χ1v) is 12.8. The lowest BCUT2D eigenvalue weighted by Gasteiger charge is -2.44. The molecule has 2 aliphatic rings. The van der Waals surface area contributed by atoms with Gasteiger partial charge in [-0.05, 0) is 54.8 Å². The van der Waals surface area contributed by atoms with Crippen molar-refractivity contribution in [1.29, 1.82) is 0 Å². The van der Waals surface area contributed by atoms with Gasteiger partial charge in [-0.15, -0.1) is 11.3 Å². The highest BCUT2D eigenvalue weighted by Crippen LogP contribution is 2.47. The average Bonchev–Trinajstić information content (AvgIpc) is 3.53. The molecule has 5 rings (SSSR count). The van der Waals surface area contributed by atoms with E-state index in [1.165, 1.54) is 11.1 Å². The van der Waals surface area contributed by atoms with Gasteiger partial charge >= 0.3 is 0 Å². The molecular weight excluding hydrogens is 428 g/mol. The van der Waals surface area contributed by atoms with E-state index >= 15 is 0 Å². The molecule has 0 saturated heterocycles. The summed E-state index contributed by atoms with van der Waals surface area (Å²) in [6.45, 7) is 2.66. The van der Waals surface area contributed by atoms with E-state index in [2.05, 4.69) is 42.6 Å². The standard InChI is InChI=1S/C28H30N2O2S/c1-19-8-6-9-20(18-19)15-16-29-27(31)25-22-12-4-5-13-23(22)28(32)30(21-10-2-3-11-21)26(25)24-14-7-17-33-24/h4-9,12-14,17-18,21,25-26H,2-3,10-11,15-16H2,1H3,(H,29,31)/t25-,26+/m0/s1. The van der Waals surface area contributed by atoms with Crippen LogP contribution in [-0.4, -0.2) is 29.3 Å². The lowest BCUT2D eigenvalue weighted by atomic mass is 9.80. The molecule has 1 N–H and O–H groups in total. The molecule has 0 bridgehead atoms. The molecule has 2 atom stereocenters. The highest BCUT2D eigenvalue weighted by molar-refractivity contribution is 7.10. The molecule has 1 aromatic heterocycles. The highest BCUT2D eigenvalue weighted by Gasteiger charge is 2.47. The minimum Gasteiger partial charge on any atom is -0.355 e. The van der Waals surface area contributed by atoms with Crippen LogP contribution >= 0.6 is 11.3 Å². The van der Waals surface area contributed by atoms with Crippen molar-refractivity contribution >= 4 is 23.2 Å². The number of aryl methyl sites for hydroxylation is 1. The van der Waals surface area contributed by atoms with Crippen LogP contribution in [0.2, 0.25) is 0 Å². The number of nitrogens with one attached hydrogen (secondary N) is 1. The van der Waals surface area contributed by atoms with Crippen molar-refractivity contribution in [1.82, 2.24) is 10.2 Å². The molecule has 0 unspecified atom stereocenters. The van der Waals surface area contributed by atoms with Crippen molar-refractivity contribution in [3.05, 3.63) is 93.2 Å². The van der Waals surface area contributed by atoms with Gasteiger partial charge in [-0.3, -0.25) is 9.59 Å². The van der Waals surface area contributed by atoms with Gasteiger partial charge in [0.05, 0.1) is 12.0 Å². The minimum absolute atomic E-state index is 0.00370. The molecular formula is C28H30N2O2S. The maximum absolute atomic E-state index is 13.7. The smallest absolute Gasteiger partial charge is 0.254 e. The largest absolute Gasteiger partial charge is 0.355 e. The van der Waals surface area contributed by atoms with E-state index in [1.54, 1.807) is 11.3 Å². The molecule has 1 fully saturated rings. The molecule has 33 heavy (non-hydrogen) atoms. The normalized spacial score (nSPS) is 20.6. The number of carbonyl (C=O) groups is 2. The van der Waals surface area contributed by atoms with Gasteiger partial charge in [-0.25, -0.2) is 0 Å². The summed E-state index contributed by atoms with van der Waals surface area (Å²) < 4.78 is 0. The van der Waals surface area contributed by atoms with Crippen LogP contribution in [0.4, 0.5) is 0 Å². The Morgan fingerprint density at radius 2 is 1.88 bits per heavy atom. The minimum atomic E-state index is -0.407. The molecule has 1 aliphatic carbocycles. The monoisotopic (exact) mass is 458 g/mol. The molecule has 0 radical (unpaired) electrons. The molecule has 2 heterocycles. The summed E-state index contributed by atoms with van der Waals surface area (Å²) in [4.78, 5) is 30.6. The molecule has 0 spiro atoms. The summed E-state index contributed by atoms with van der Waals surface area (Å²) in [7, 11) is 0. The summed E-state index contributed by atoms with van der Waals surface area (Å²) in [6, 6.07) is 20.1. The topological polar surface area (TPSA) is 49.4 Å². The first-order valence-electron chi connectivity index (χ1n) is 11.9. The SMILES string of the molecule is Cc1cccc(CCNC(=O)[C@H]2c3ccccc3C(=O)N(C3CCCC3)[C@@H]2c2cccs2)c1. The van der Waals surface area contributed by atoms with E-state index in [9.17, 15) is 9.59 Å². The average molecular weight is 459 g/mol. The number of rotatable bonds is 6. The van der Waals surface area contributed by atoms with Crippen LogP contribution in [0.1, 0.15) is 69.6 Å². The Labute approximate surface area is 199 Å². The van der Waals surface area contributed by atoms with E-state index < -0.39 is 5.92 Å². The van der Waals surface area contributed by atoms with Crippen molar-refractivity contribution in [3.8, 4) is 0 Å². The molecule has 2 aromatic carbocycles. The third-order valence-corrected chi connectivity index (χ3v) is 7.95. The van der Waals surface area contributed by atoms with E-state index in [0.29, 0.717) is 12.1 Å². The molecule has 3 aromatic rings. The van der Waals surface area contributed by atoms with Crippen LogP contribution in [0, 0.1) is 6.92 Å². The van der Waals surface area contributed by atoms with E-state index in [0.717, 1.165) is 42.5 Å². The fourth-order valence-electron chi connectivity index (χ4n) is 5.49. The summed E-state index contributed by atoms with van der Waals surface area (Å²) in [5, 5.41) is 5.25. The van der Waals surface area contributed by atoms with Gasteiger partial charge in [0, 0.05) is 23.0 Å². The fourth-order valence-corrected chi connectivity index (χ4v) is 6.35. The van der Waals surface area contributed by atoms with Gasteiger partial charge in [-0.2, -0.15) is 0 Å². The summed E-state index contributed by atoms with van der Waals surface area (Å²) >= 11 is 1.64. The van der Waals surface area contributed by atoms with Crippen LogP contribution in [-0.2, 0) is 11.2 Å². The van der Waals surface area contributed by atoms with E-state index in [4.69, 9.17) is 0 Å². The maximum Gasteiger partial charge on any atom is 0.254 e. The number of hydrogen-bond acceptors (Lipinski definition) is 3. The van der Waals surface area contributed by atoms with Crippen LogP contribution in [0.15, 0.2) is 66.0 Å². The van der Waals surface area contributed by atoms with Crippen LogP contribution in [0.25, 0.3) is 0 Å². The second-order valence-corrected chi connectivity index (χ2v) is 10.2. The Bertz CT molecular complexity index is 1130. The Hall–Kier alpha value is -2.92.